The van der Waals surface area contributed by atoms with Crippen molar-refractivity contribution in [3.63, 3.8) is 0 Å². The van der Waals surface area contributed by atoms with Gasteiger partial charge in [0.25, 0.3) is 0 Å². The van der Waals surface area contributed by atoms with Crippen molar-refractivity contribution in [2.45, 2.75) is 13.8 Å². The molecule has 0 fully saturated rings. The van der Waals surface area contributed by atoms with E-state index in [-0.39, 0.29) is 1080 Å². The number of hydrogen-bond donors (Lipinski definition) is 0. The molecule has 33 radical (unpaired) electrons. The molecule has 119 valence electrons. The zero-order valence-electron chi connectivity index (χ0n) is 21.6. The van der Waals surface area contributed by atoms with Gasteiger partial charge < -0.3 is 6.42 Å². The van der Waals surface area contributed by atoms with Crippen LogP contribution in [0.4, 0.5) is 0 Å². The molecule has 0 rings (SSSR count). The van der Waals surface area contributed by atoms with Crippen LogP contribution in [0.5, 0.6) is 0 Å². The van der Waals surface area contributed by atoms with E-state index in [0.29, 0.717) is 0 Å². The molecule has 0 nitrogen and oxygen atoms in total. The summed E-state index contributed by atoms with van der Waals surface area (Å²) in [6.07, 6.45) is 2.00. The summed E-state index contributed by atoms with van der Waals surface area (Å²) in [4.78, 5) is 0. The minimum atomic E-state index is 0. The molecule has 33 heteroatoms. The van der Waals surface area contributed by atoms with E-state index in [4.69, 9.17) is 0 Å². The summed E-state index contributed by atoms with van der Waals surface area (Å²) >= 11 is 0. The Labute approximate surface area is 1060 Å². The van der Waals surface area contributed by atoms with Gasteiger partial charge in [0.2, 0.25) is 0 Å². The topological polar surface area (TPSA) is 0 Å². The molecule has 0 amide bonds. The molecule has 0 aliphatic rings. The van der Waals surface area contributed by atoms with Gasteiger partial charge >= 0.3 is 0 Å². The van der Waals surface area contributed by atoms with Gasteiger partial charge in [-0.25, -0.2) is 0 Å². The van der Waals surface area contributed by atoms with Crippen molar-refractivity contribution in [2.75, 3.05) is 0 Å². The Balaban J connectivity index is -0.0000000000379. The largest absolute Gasteiger partial charge is 0.335 e. The fourth-order valence-electron chi connectivity index (χ4n) is 0. The monoisotopic (exact) mass is 2980 g/mol. The van der Waals surface area contributed by atoms with Crippen molar-refractivity contribution in [3.8, 4) is 0 Å². The maximum absolute atomic E-state index is 2.00. The molecule has 0 aromatic carbocycles. The summed E-state index contributed by atoms with van der Waals surface area (Å²) in [5.41, 5.74) is 0. The Kier molecular flexibility index (Phi) is 1760. The third-order valence-electron chi connectivity index (χ3n) is 0. The summed E-state index contributed by atoms with van der Waals surface area (Å²) in [5, 5.41) is 0. The van der Waals surface area contributed by atoms with Crippen LogP contribution in [0.3, 0.4) is 0 Å². The summed E-state index contributed by atoms with van der Waals surface area (Å²) in [7, 11) is 0. The van der Waals surface area contributed by atoms with Crippen LogP contribution in [-0.2, 0) is 1080 Å². The summed E-state index contributed by atoms with van der Waals surface area (Å²) in [5.74, 6) is 0. The van der Waals surface area contributed by atoms with Crippen LogP contribution >= 0.6 is 0 Å². The molecular weight excluding hydrogens is 2970 g/mol. The van der Waals surface area contributed by atoms with Crippen molar-refractivity contribution in [1.82, 2.24) is 0 Å². The van der Waals surface area contributed by atoms with Gasteiger partial charge in [-0.3, -0.25) is 0 Å². The Morgan fingerprint density at radius 2 is 0.139 bits per heavy atom. The van der Waals surface area contributed by atoms with Gasteiger partial charge in [0.15, 0.2) is 0 Å². The first kappa shape index (κ1) is 250. The number of rotatable bonds is 0. The Bertz CT molecular complexity index is 14.9. The Hall–Kier alpha value is 36.4. The van der Waals surface area contributed by atoms with Crippen molar-refractivity contribution in [2.24, 2.45) is 0 Å². The molecular formula is C3H7Y33-. The molecule has 0 aliphatic carbocycles. The van der Waals surface area contributed by atoms with E-state index < -0.39 is 0 Å². The van der Waals surface area contributed by atoms with Gasteiger partial charge in [-0.1, -0.05) is 0 Å². The molecule has 0 bridgehead atoms. The second-order valence-electron chi connectivity index (χ2n) is 0.577. The Morgan fingerprint density at radius 1 is 0.139 bits per heavy atom. The molecule has 0 spiro atoms. The second-order valence-corrected chi connectivity index (χ2v) is 0.577. The second kappa shape index (κ2) is 253. The van der Waals surface area contributed by atoms with Crippen LogP contribution in [0.15, 0.2) is 0 Å². The average molecular weight is 2980 g/mol. The molecule has 0 N–H and O–H groups in total. The van der Waals surface area contributed by atoms with Gasteiger partial charge in [-0.05, 0) is 0 Å². The van der Waals surface area contributed by atoms with E-state index in [9.17, 15) is 0 Å². The van der Waals surface area contributed by atoms with E-state index in [1.807, 2.05) is 20.3 Å². The maximum atomic E-state index is 2.00. The van der Waals surface area contributed by atoms with Crippen LogP contribution in [0.25, 0.3) is 0 Å². The Morgan fingerprint density at radius 3 is 0.139 bits per heavy atom. The van der Waals surface area contributed by atoms with Crippen LogP contribution < -0.4 is 0 Å². The van der Waals surface area contributed by atoms with E-state index in [2.05, 4.69) is 0 Å². The van der Waals surface area contributed by atoms with Gasteiger partial charge in [-0.15, -0.1) is 0 Å². The molecule has 0 saturated carbocycles. The predicted molar refractivity (Wildman–Crippen MR) is 15.6 cm³/mol. The molecule has 0 unspecified atom stereocenters. The molecule has 0 saturated heterocycles. The SMILES string of the molecule is C[CH-]C.[Y].[Y].[Y].[Y].[Y].[Y].[Y].[Y].[Y].[Y].[Y].[Y].[Y].[Y].[Y].[Y].[Y].[Y].[Y].[Y].[Y].[Y].[Y].[Y].[Y].[Y].[Y].[Y].[Y].[Y].[Y].[Y].[Y]. The van der Waals surface area contributed by atoms with Gasteiger partial charge in [0.1, 0.15) is 0 Å². The average Bonchev–Trinajstić information content (AvgIpc) is 0.918. The maximum Gasteiger partial charge on any atom is 0 e. The third kappa shape index (κ3) is 256. The molecule has 0 aliphatic heterocycles. The molecule has 36 heavy (non-hydrogen) atoms. The minimum absolute atomic E-state index is 0. The first-order valence-corrected chi connectivity index (χ1v) is 1.15. The van der Waals surface area contributed by atoms with Crippen molar-refractivity contribution >= 4 is 0 Å². The predicted octanol–water partition coefficient (Wildman–Crippen LogP) is 1.15. The summed E-state index contributed by atoms with van der Waals surface area (Å²) < 4.78 is 0. The third-order valence-corrected chi connectivity index (χ3v) is 0. The standard InChI is InChI=1S/C3H7.33Y/c1-3-2;;;;;;;;;;;;;;;;;;;;;;;;;;;;;;;;;/h3H,1-2H3;;;;;;;;;;;;;;;;;;;;;;;;;;;;;;;;;/q-1;;;;;;;;;;;;;;;;;;;;;;;;;;;;;;;;;. The fraction of sp³-hybridized carbons (Fsp3) is 0.667. The van der Waals surface area contributed by atoms with E-state index in [1.54, 1.807) is 0 Å². The van der Waals surface area contributed by atoms with E-state index in [0.717, 1.165) is 0 Å². The first-order chi connectivity index (χ1) is 1.41. The van der Waals surface area contributed by atoms with Crippen LogP contribution in [-0.4, -0.2) is 0 Å². The summed E-state index contributed by atoms with van der Waals surface area (Å²) in [6, 6.07) is 0. The zero-order chi connectivity index (χ0) is 2.71. The fourth-order valence-corrected chi connectivity index (χ4v) is 0. The van der Waals surface area contributed by atoms with Crippen molar-refractivity contribution < 1.29 is 1080 Å². The molecule has 0 heterocycles. The van der Waals surface area contributed by atoms with Crippen LogP contribution in [0.1, 0.15) is 13.8 Å². The van der Waals surface area contributed by atoms with Gasteiger partial charge in [0, 0.05) is 1080 Å². The van der Waals surface area contributed by atoms with Crippen molar-refractivity contribution in [3.05, 3.63) is 6.42 Å². The van der Waals surface area contributed by atoms with E-state index in [1.165, 1.54) is 0 Å². The zero-order valence-corrected chi connectivity index (χ0v) is 115. The first-order valence-electron chi connectivity index (χ1n) is 1.15. The van der Waals surface area contributed by atoms with Crippen molar-refractivity contribution in [1.29, 1.82) is 0 Å². The quantitative estimate of drug-likeness (QED) is 0.320. The van der Waals surface area contributed by atoms with E-state index >= 15 is 0 Å². The molecule has 0 aromatic rings. The van der Waals surface area contributed by atoms with Crippen LogP contribution in [0.2, 0.25) is 0 Å². The number of hydrogen-bond acceptors (Lipinski definition) is 0. The minimum Gasteiger partial charge on any atom is -0.335 e. The normalized spacial score (nSPS) is 0.500. The van der Waals surface area contributed by atoms with Gasteiger partial charge in [-0.2, -0.15) is 13.8 Å². The van der Waals surface area contributed by atoms with Gasteiger partial charge in [0.05, 0.1) is 0 Å². The smallest absolute Gasteiger partial charge is 0 e. The summed E-state index contributed by atoms with van der Waals surface area (Å²) in [6.45, 7) is 4.00. The molecule has 0 aromatic heterocycles. The van der Waals surface area contributed by atoms with Crippen LogP contribution in [0, 0.1) is 6.42 Å². The molecule has 0 atom stereocenters.